The first-order chi connectivity index (χ1) is 8.72. The highest BCUT2D eigenvalue weighted by Gasteiger charge is 2.33. The third-order valence-electron chi connectivity index (χ3n) is 3.82. The standard InChI is InChI=1S/C13H23N3O2/c1-2-7-16(11-4-5-14-9-11)13(18)10-3-6-15-12(17)8-10/h10-11,14H,2-9H2,1H3,(H,15,17). The van der Waals surface area contributed by atoms with Gasteiger partial charge in [-0.2, -0.15) is 0 Å². The van der Waals surface area contributed by atoms with Gasteiger partial charge in [0.2, 0.25) is 11.8 Å². The second kappa shape index (κ2) is 6.18. The molecule has 18 heavy (non-hydrogen) atoms. The number of hydrogen-bond acceptors (Lipinski definition) is 3. The lowest BCUT2D eigenvalue weighted by Gasteiger charge is -2.33. The Labute approximate surface area is 108 Å². The Morgan fingerprint density at radius 1 is 1.39 bits per heavy atom. The number of nitrogens with zero attached hydrogens (tertiary/aromatic N) is 1. The minimum atomic E-state index is -0.106. The van der Waals surface area contributed by atoms with Crippen molar-refractivity contribution in [1.29, 1.82) is 0 Å². The van der Waals surface area contributed by atoms with Crippen LogP contribution < -0.4 is 10.6 Å². The maximum atomic E-state index is 12.5. The fourth-order valence-electron chi connectivity index (χ4n) is 2.85. The van der Waals surface area contributed by atoms with E-state index < -0.39 is 0 Å². The van der Waals surface area contributed by atoms with Crippen molar-refractivity contribution in [1.82, 2.24) is 15.5 Å². The van der Waals surface area contributed by atoms with Crippen molar-refractivity contribution in [3.8, 4) is 0 Å². The highest BCUT2D eigenvalue weighted by atomic mass is 16.2. The van der Waals surface area contributed by atoms with Crippen molar-refractivity contribution in [3.63, 3.8) is 0 Å². The van der Waals surface area contributed by atoms with Crippen LogP contribution in [0.15, 0.2) is 0 Å². The van der Waals surface area contributed by atoms with Gasteiger partial charge < -0.3 is 15.5 Å². The first kappa shape index (κ1) is 13.3. The molecule has 2 amide bonds. The van der Waals surface area contributed by atoms with Gasteiger partial charge in [0.1, 0.15) is 0 Å². The lowest BCUT2D eigenvalue weighted by molar-refractivity contribution is -0.141. The van der Waals surface area contributed by atoms with Crippen molar-refractivity contribution in [3.05, 3.63) is 0 Å². The molecule has 2 aliphatic rings. The van der Waals surface area contributed by atoms with Crippen LogP contribution in [0, 0.1) is 5.92 Å². The Morgan fingerprint density at radius 3 is 2.83 bits per heavy atom. The number of carbonyl (C=O) groups excluding carboxylic acids is 2. The van der Waals surface area contributed by atoms with Crippen LogP contribution in [0.1, 0.15) is 32.6 Å². The molecule has 2 rings (SSSR count). The topological polar surface area (TPSA) is 61.4 Å². The van der Waals surface area contributed by atoms with Crippen molar-refractivity contribution in [2.45, 2.75) is 38.6 Å². The van der Waals surface area contributed by atoms with Crippen LogP contribution in [0.5, 0.6) is 0 Å². The predicted molar refractivity (Wildman–Crippen MR) is 69.0 cm³/mol. The molecular weight excluding hydrogens is 230 g/mol. The van der Waals surface area contributed by atoms with Crippen LogP contribution in [0.25, 0.3) is 0 Å². The molecule has 0 radical (unpaired) electrons. The van der Waals surface area contributed by atoms with Crippen LogP contribution >= 0.6 is 0 Å². The zero-order valence-electron chi connectivity index (χ0n) is 11.1. The highest BCUT2D eigenvalue weighted by Crippen LogP contribution is 2.20. The Bertz CT molecular complexity index is 313. The van der Waals surface area contributed by atoms with Gasteiger partial charge in [0.05, 0.1) is 0 Å². The molecule has 0 aromatic rings. The number of rotatable bonds is 4. The molecule has 0 aliphatic carbocycles. The van der Waals surface area contributed by atoms with Crippen LogP contribution in [0.2, 0.25) is 0 Å². The monoisotopic (exact) mass is 253 g/mol. The summed E-state index contributed by atoms with van der Waals surface area (Å²) in [5.41, 5.74) is 0. The fraction of sp³-hybridized carbons (Fsp3) is 0.846. The summed E-state index contributed by atoms with van der Waals surface area (Å²) in [4.78, 5) is 25.9. The quantitative estimate of drug-likeness (QED) is 0.748. The molecule has 5 nitrogen and oxygen atoms in total. The van der Waals surface area contributed by atoms with Crippen LogP contribution in [-0.4, -0.2) is 48.9 Å². The van der Waals surface area contributed by atoms with Gasteiger partial charge in [-0.3, -0.25) is 9.59 Å². The van der Waals surface area contributed by atoms with E-state index in [1.807, 2.05) is 4.90 Å². The number of amides is 2. The second-order valence-corrected chi connectivity index (χ2v) is 5.22. The molecular formula is C13H23N3O2. The van der Waals surface area contributed by atoms with Crippen LogP contribution in [-0.2, 0) is 9.59 Å². The molecule has 0 saturated carbocycles. The molecule has 0 spiro atoms. The maximum Gasteiger partial charge on any atom is 0.226 e. The van der Waals surface area contributed by atoms with Gasteiger partial charge in [-0.1, -0.05) is 6.92 Å². The average Bonchev–Trinajstić information content (AvgIpc) is 2.89. The van der Waals surface area contributed by atoms with E-state index in [1.54, 1.807) is 0 Å². The summed E-state index contributed by atoms with van der Waals surface area (Å²) < 4.78 is 0. The van der Waals surface area contributed by atoms with Crippen molar-refractivity contribution >= 4 is 11.8 Å². The summed E-state index contributed by atoms with van der Waals surface area (Å²) in [6.45, 7) is 5.42. The summed E-state index contributed by atoms with van der Waals surface area (Å²) in [6.07, 6.45) is 3.15. The Balaban J connectivity index is 1.99. The normalized spacial score (nSPS) is 27.9. The second-order valence-electron chi connectivity index (χ2n) is 5.22. The van der Waals surface area contributed by atoms with E-state index in [9.17, 15) is 9.59 Å². The molecule has 2 aliphatic heterocycles. The molecule has 0 aromatic carbocycles. The van der Waals surface area contributed by atoms with E-state index in [1.165, 1.54) is 0 Å². The molecule has 102 valence electrons. The summed E-state index contributed by atoms with van der Waals surface area (Å²) in [5, 5.41) is 6.09. The Kier molecular flexibility index (Phi) is 4.58. The summed E-state index contributed by atoms with van der Waals surface area (Å²) in [7, 11) is 0. The Morgan fingerprint density at radius 2 is 2.22 bits per heavy atom. The zero-order valence-corrected chi connectivity index (χ0v) is 11.1. The van der Waals surface area contributed by atoms with E-state index in [4.69, 9.17) is 0 Å². The lowest BCUT2D eigenvalue weighted by atomic mass is 9.95. The minimum absolute atomic E-state index is 0.0144. The van der Waals surface area contributed by atoms with Gasteiger partial charge in [-0.05, 0) is 25.8 Å². The van der Waals surface area contributed by atoms with Gasteiger partial charge in [0.15, 0.2) is 0 Å². The Hall–Kier alpha value is -1.10. The maximum absolute atomic E-state index is 12.5. The number of nitrogens with one attached hydrogen (secondary N) is 2. The van der Waals surface area contributed by atoms with Crippen LogP contribution in [0.4, 0.5) is 0 Å². The SMILES string of the molecule is CCCN(C(=O)C1CCNC(=O)C1)C1CCNC1. The summed E-state index contributed by atoms with van der Waals surface area (Å²) in [6, 6.07) is 0.322. The fourth-order valence-corrected chi connectivity index (χ4v) is 2.85. The van der Waals surface area contributed by atoms with E-state index in [0.717, 1.165) is 38.9 Å². The third-order valence-corrected chi connectivity index (χ3v) is 3.82. The molecule has 0 aromatic heterocycles. The molecule has 2 heterocycles. The average molecular weight is 253 g/mol. The molecule has 2 saturated heterocycles. The molecule has 2 fully saturated rings. The smallest absolute Gasteiger partial charge is 0.226 e. The largest absolute Gasteiger partial charge is 0.356 e. The molecule has 5 heteroatoms. The predicted octanol–water partition coefficient (Wildman–Crippen LogP) is 0.113. The zero-order chi connectivity index (χ0) is 13.0. The number of carbonyl (C=O) groups is 2. The van der Waals surface area contributed by atoms with Gasteiger partial charge in [-0.15, -0.1) is 0 Å². The van der Waals surface area contributed by atoms with Crippen LogP contribution in [0.3, 0.4) is 0 Å². The molecule has 2 unspecified atom stereocenters. The van der Waals surface area contributed by atoms with Gasteiger partial charge in [0.25, 0.3) is 0 Å². The highest BCUT2D eigenvalue weighted by molar-refractivity contribution is 5.87. The van der Waals surface area contributed by atoms with E-state index in [2.05, 4.69) is 17.6 Å². The molecule has 0 bridgehead atoms. The molecule has 2 N–H and O–H groups in total. The number of piperidine rings is 1. The molecule has 2 atom stereocenters. The summed E-state index contributed by atoms with van der Waals surface area (Å²) >= 11 is 0. The van der Waals surface area contributed by atoms with E-state index >= 15 is 0 Å². The van der Waals surface area contributed by atoms with Crippen molar-refractivity contribution < 1.29 is 9.59 Å². The van der Waals surface area contributed by atoms with E-state index in [0.29, 0.717) is 19.0 Å². The van der Waals surface area contributed by atoms with E-state index in [-0.39, 0.29) is 17.7 Å². The van der Waals surface area contributed by atoms with Gasteiger partial charge in [-0.25, -0.2) is 0 Å². The van der Waals surface area contributed by atoms with Crippen molar-refractivity contribution in [2.75, 3.05) is 26.2 Å². The summed E-state index contributed by atoms with van der Waals surface area (Å²) in [5.74, 6) is 0.0897. The lowest BCUT2D eigenvalue weighted by Crippen LogP contribution is -2.48. The van der Waals surface area contributed by atoms with Crippen molar-refractivity contribution in [2.24, 2.45) is 5.92 Å². The number of hydrogen-bond donors (Lipinski definition) is 2. The van der Waals surface area contributed by atoms with Gasteiger partial charge >= 0.3 is 0 Å². The third kappa shape index (κ3) is 3.02. The minimum Gasteiger partial charge on any atom is -0.356 e. The first-order valence-corrected chi connectivity index (χ1v) is 7.00. The first-order valence-electron chi connectivity index (χ1n) is 7.00. The van der Waals surface area contributed by atoms with Gasteiger partial charge in [0, 0.05) is 38.0 Å².